The second kappa shape index (κ2) is 10.7. The smallest absolute Gasteiger partial charge is 0.171 e. The van der Waals surface area contributed by atoms with Crippen molar-refractivity contribution in [2.75, 3.05) is 25.2 Å². The van der Waals surface area contributed by atoms with E-state index in [1.54, 1.807) is 24.3 Å². The van der Waals surface area contributed by atoms with Gasteiger partial charge in [-0.2, -0.15) is 0 Å². The molecule has 2 aromatic rings. The van der Waals surface area contributed by atoms with Gasteiger partial charge in [0.05, 0.1) is 15.8 Å². The van der Waals surface area contributed by atoms with Crippen molar-refractivity contribution in [3.63, 3.8) is 0 Å². The fourth-order valence-electron chi connectivity index (χ4n) is 2.90. The SMILES string of the molecule is CC(=O)COc1c(Cl)cc(C(C)(C)c2ccc(OCC(=O)CCS(C)(=O)=O)cc2)cc1Cl. The lowest BCUT2D eigenvalue weighted by Crippen LogP contribution is -2.19. The standard InChI is InChI=1S/C23H26Cl2O6S/c1-15(26)13-31-22-20(24)11-17(12-21(22)25)23(2,3)16-5-7-19(8-6-16)30-14-18(27)9-10-32(4,28)29/h5-8,11-12H,9-10,13-14H2,1-4H3. The van der Waals surface area contributed by atoms with Crippen LogP contribution >= 0.6 is 23.2 Å². The van der Waals surface area contributed by atoms with Crippen molar-refractivity contribution in [2.45, 2.75) is 32.6 Å². The van der Waals surface area contributed by atoms with Crippen LogP contribution in [0.15, 0.2) is 36.4 Å². The topological polar surface area (TPSA) is 86.7 Å². The Bertz CT molecular complexity index is 1070. The zero-order chi connectivity index (χ0) is 24.1. The summed E-state index contributed by atoms with van der Waals surface area (Å²) in [6.07, 6.45) is 1.02. The summed E-state index contributed by atoms with van der Waals surface area (Å²) in [5.41, 5.74) is 1.35. The summed E-state index contributed by atoms with van der Waals surface area (Å²) in [5.74, 6) is 0.164. The zero-order valence-electron chi connectivity index (χ0n) is 18.4. The summed E-state index contributed by atoms with van der Waals surface area (Å²) in [7, 11) is -3.18. The van der Waals surface area contributed by atoms with Crippen molar-refractivity contribution in [2.24, 2.45) is 0 Å². The summed E-state index contributed by atoms with van der Waals surface area (Å²) >= 11 is 12.7. The molecule has 174 valence electrons. The van der Waals surface area contributed by atoms with Crippen LogP contribution < -0.4 is 9.47 Å². The molecule has 2 aromatic carbocycles. The van der Waals surface area contributed by atoms with Crippen LogP contribution in [0.1, 0.15) is 38.3 Å². The van der Waals surface area contributed by atoms with Gasteiger partial charge in [0.1, 0.15) is 28.8 Å². The molecule has 32 heavy (non-hydrogen) atoms. The number of carbonyl (C=O) groups is 2. The fourth-order valence-corrected chi connectivity index (χ4v) is 4.10. The quantitative estimate of drug-likeness (QED) is 0.445. The summed E-state index contributed by atoms with van der Waals surface area (Å²) in [5, 5.41) is 0.628. The molecule has 0 amide bonds. The van der Waals surface area contributed by atoms with E-state index in [2.05, 4.69) is 0 Å². The van der Waals surface area contributed by atoms with Crippen molar-refractivity contribution in [3.8, 4) is 11.5 Å². The third-order valence-electron chi connectivity index (χ3n) is 4.87. The minimum absolute atomic E-state index is 0.0718. The van der Waals surface area contributed by atoms with E-state index in [1.165, 1.54) is 6.92 Å². The number of hydrogen-bond acceptors (Lipinski definition) is 6. The van der Waals surface area contributed by atoms with Crippen LogP contribution in [-0.4, -0.2) is 45.2 Å². The van der Waals surface area contributed by atoms with Crippen LogP contribution in [0.5, 0.6) is 11.5 Å². The van der Waals surface area contributed by atoms with Crippen molar-refractivity contribution in [1.82, 2.24) is 0 Å². The molecule has 0 saturated heterocycles. The maximum atomic E-state index is 11.8. The fraction of sp³-hybridized carbons (Fsp3) is 0.391. The molecule has 0 bridgehead atoms. The molecule has 0 saturated carbocycles. The zero-order valence-corrected chi connectivity index (χ0v) is 20.7. The molecule has 0 spiro atoms. The second-order valence-electron chi connectivity index (χ2n) is 8.12. The predicted molar refractivity (Wildman–Crippen MR) is 126 cm³/mol. The molecule has 6 nitrogen and oxygen atoms in total. The minimum atomic E-state index is -3.18. The van der Waals surface area contributed by atoms with Crippen molar-refractivity contribution in [3.05, 3.63) is 57.6 Å². The van der Waals surface area contributed by atoms with E-state index in [0.29, 0.717) is 15.8 Å². The normalized spacial score (nSPS) is 11.8. The number of hydrogen-bond donors (Lipinski definition) is 0. The van der Waals surface area contributed by atoms with Gasteiger partial charge in [-0.1, -0.05) is 49.2 Å². The van der Waals surface area contributed by atoms with Gasteiger partial charge in [-0.05, 0) is 42.3 Å². The van der Waals surface area contributed by atoms with Gasteiger partial charge in [-0.3, -0.25) is 9.59 Å². The van der Waals surface area contributed by atoms with Gasteiger partial charge in [-0.25, -0.2) is 8.42 Å². The van der Waals surface area contributed by atoms with Gasteiger partial charge < -0.3 is 9.47 Å². The number of carbonyl (C=O) groups excluding carboxylic acids is 2. The van der Waals surface area contributed by atoms with Gasteiger partial charge in [-0.15, -0.1) is 0 Å². The first-order valence-corrected chi connectivity index (χ1v) is 12.7. The van der Waals surface area contributed by atoms with E-state index in [0.717, 1.165) is 17.4 Å². The lowest BCUT2D eigenvalue weighted by atomic mass is 9.78. The third kappa shape index (κ3) is 7.50. The molecule has 0 radical (unpaired) electrons. The summed E-state index contributed by atoms with van der Waals surface area (Å²) in [6.45, 7) is 5.13. The largest absolute Gasteiger partial charge is 0.486 e. The molecule has 0 N–H and O–H groups in total. The minimum Gasteiger partial charge on any atom is -0.486 e. The van der Waals surface area contributed by atoms with E-state index >= 15 is 0 Å². The van der Waals surface area contributed by atoms with Crippen molar-refractivity contribution < 1.29 is 27.5 Å². The van der Waals surface area contributed by atoms with E-state index in [4.69, 9.17) is 32.7 Å². The highest BCUT2D eigenvalue weighted by atomic mass is 35.5. The van der Waals surface area contributed by atoms with Gasteiger partial charge in [0.25, 0.3) is 0 Å². The summed E-state index contributed by atoms with van der Waals surface area (Å²) < 4.78 is 33.2. The maximum absolute atomic E-state index is 11.8. The molecule has 9 heteroatoms. The summed E-state index contributed by atoms with van der Waals surface area (Å²) in [6, 6.07) is 10.8. The first-order valence-electron chi connectivity index (χ1n) is 9.84. The van der Waals surface area contributed by atoms with E-state index in [9.17, 15) is 18.0 Å². The number of halogens is 2. The molecule has 0 aliphatic heterocycles. The van der Waals surface area contributed by atoms with E-state index < -0.39 is 15.3 Å². The molecule has 0 heterocycles. The molecular weight excluding hydrogens is 475 g/mol. The highest BCUT2D eigenvalue weighted by Crippen LogP contribution is 2.40. The number of benzene rings is 2. The molecule has 0 aromatic heterocycles. The Morgan fingerprint density at radius 2 is 1.50 bits per heavy atom. The number of rotatable bonds is 11. The lowest BCUT2D eigenvalue weighted by molar-refractivity contribution is -0.120. The maximum Gasteiger partial charge on any atom is 0.171 e. The first kappa shape index (κ1) is 26.2. The van der Waals surface area contributed by atoms with Gasteiger partial charge in [0, 0.05) is 18.1 Å². The Kier molecular flexibility index (Phi) is 8.74. The molecule has 0 unspecified atom stereocenters. The molecule has 0 fully saturated rings. The molecular formula is C23H26Cl2O6S. The molecule has 0 aliphatic rings. The van der Waals surface area contributed by atoms with Crippen molar-refractivity contribution in [1.29, 1.82) is 0 Å². The monoisotopic (exact) mass is 500 g/mol. The van der Waals surface area contributed by atoms with Crippen LogP contribution in [0.25, 0.3) is 0 Å². The third-order valence-corrected chi connectivity index (χ3v) is 6.37. The Morgan fingerprint density at radius 1 is 0.938 bits per heavy atom. The Labute approximate surface area is 198 Å². The van der Waals surface area contributed by atoms with Crippen LogP contribution in [0.3, 0.4) is 0 Å². The Hall–Kier alpha value is -2.09. The molecule has 2 rings (SSSR count). The number of Topliss-reactive ketones (excluding diaryl/α,β-unsaturated/α-hetero) is 2. The summed E-state index contributed by atoms with van der Waals surface area (Å²) in [4.78, 5) is 23.0. The first-order chi connectivity index (χ1) is 14.8. The van der Waals surface area contributed by atoms with Crippen LogP contribution in [0.2, 0.25) is 10.0 Å². The van der Waals surface area contributed by atoms with Crippen LogP contribution in [-0.2, 0) is 24.8 Å². The Balaban J connectivity index is 2.11. The van der Waals surface area contributed by atoms with E-state index in [1.807, 2.05) is 26.0 Å². The van der Waals surface area contributed by atoms with Crippen molar-refractivity contribution >= 4 is 44.6 Å². The molecule has 0 aliphatic carbocycles. The lowest BCUT2D eigenvalue weighted by Gasteiger charge is -2.27. The van der Waals surface area contributed by atoms with Gasteiger partial charge >= 0.3 is 0 Å². The van der Waals surface area contributed by atoms with E-state index in [-0.39, 0.29) is 42.7 Å². The predicted octanol–water partition coefficient (Wildman–Crippen LogP) is 4.67. The molecule has 0 atom stereocenters. The van der Waals surface area contributed by atoms with Crippen LogP contribution in [0, 0.1) is 0 Å². The van der Waals surface area contributed by atoms with Crippen LogP contribution in [0.4, 0.5) is 0 Å². The number of ether oxygens (including phenoxy) is 2. The average molecular weight is 501 g/mol. The Morgan fingerprint density at radius 3 is 2.00 bits per heavy atom. The second-order valence-corrected chi connectivity index (χ2v) is 11.2. The number of ketones is 2. The van der Waals surface area contributed by atoms with Gasteiger partial charge in [0.2, 0.25) is 0 Å². The number of sulfone groups is 1. The van der Waals surface area contributed by atoms with Gasteiger partial charge in [0.15, 0.2) is 17.3 Å². The highest BCUT2D eigenvalue weighted by molar-refractivity contribution is 7.90. The highest BCUT2D eigenvalue weighted by Gasteiger charge is 2.26. The average Bonchev–Trinajstić information content (AvgIpc) is 2.69.